The Balaban J connectivity index is 3.80. The van der Waals surface area contributed by atoms with Crippen LogP contribution in [0.3, 0.4) is 0 Å². The highest BCUT2D eigenvalue weighted by Gasteiger charge is 2.41. The molecule has 0 aliphatic rings. The first-order valence-electron chi connectivity index (χ1n) is 11.3. The average molecular weight is 461 g/mol. The van der Waals surface area contributed by atoms with Gasteiger partial charge in [-0.25, -0.2) is 4.79 Å². The lowest BCUT2D eigenvalue weighted by atomic mass is 9.81. The smallest absolute Gasteiger partial charge is 0.337 e. The van der Waals surface area contributed by atoms with E-state index < -0.39 is 29.3 Å². The number of carbonyl (C=O) groups is 3. The SMILES string of the molecule is CCN(CC)/C(=C(/C(=O)OC)C(C(=O)NC(C)(C)CC(C)(C)C)C(=O)OC)c1ccccc1. The number of rotatable bonds is 10. The fraction of sp³-hybridized carbons (Fsp3) is 0.577. The van der Waals surface area contributed by atoms with Crippen LogP contribution in [-0.4, -0.2) is 55.6 Å². The Morgan fingerprint density at radius 1 is 0.939 bits per heavy atom. The Hall–Kier alpha value is -2.83. The molecule has 1 aromatic rings. The van der Waals surface area contributed by atoms with Crippen LogP contribution in [0.1, 0.15) is 60.5 Å². The monoisotopic (exact) mass is 460 g/mol. The summed E-state index contributed by atoms with van der Waals surface area (Å²) in [6, 6.07) is 9.22. The van der Waals surface area contributed by atoms with Crippen molar-refractivity contribution < 1.29 is 23.9 Å². The highest BCUT2D eigenvalue weighted by Crippen LogP contribution is 2.31. The second-order valence-electron chi connectivity index (χ2n) is 9.86. The van der Waals surface area contributed by atoms with Crippen molar-refractivity contribution in [2.45, 2.75) is 60.4 Å². The predicted octanol–water partition coefficient (Wildman–Crippen LogP) is 4.03. The first kappa shape index (κ1) is 28.2. The summed E-state index contributed by atoms with van der Waals surface area (Å²) in [6.07, 6.45) is 0.665. The lowest BCUT2D eigenvalue weighted by Gasteiger charge is -2.35. The van der Waals surface area contributed by atoms with Gasteiger partial charge < -0.3 is 19.7 Å². The maximum Gasteiger partial charge on any atom is 0.337 e. The molecule has 0 aliphatic carbocycles. The largest absolute Gasteiger partial charge is 0.468 e. The van der Waals surface area contributed by atoms with E-state index >= 15 is 0 Å². The van der Waals surface area contributed by atoms with Crippen LogP contribution in [0.4, 0.5) is 0 Å². The molecule has 0 saturated heterocycles. The van der Waals surface area contributed by atoms with Crippen molar-refractivity contribution in [3.63, 3.8) is 0 Å². The minimum atomic E-state index is -1.49. The summed E-state index contributed by atoms with van der Waals surface area (Å²) in [6.45, 7) is 15.0. The summed E-state index contributed by atoms with van der Waals surface area (Å²) in [5.41, 5.74) is 0.465. The summed E-state index contributed by atoms with van der Waals surface area (Å²) in [5, 5.41) is 2.97. The van der Waals surface area contributed by atoms with Gasteiger partial charge in [0.25, 0.3) is 0 Å². The molecule has 1 N–H and O–H groups in total. The number of methoxy groups -OCH3 is 2. The summed E-state index contributed by atoms with van der Waals surface area (Å²) in [7, 11) is 2.44. The molecule has 0 aromatic heterocycles. The highest BCUT2D eigenvalue weighted by molar-refractivity contribution is 6.12. The minimum Gasteiger partial charge on any atom is -0.468 e. The van der Waals surface area contributed by atoms with E-state index in [0.29, 0.717) is 30.8 Å². The minimum absolute atomic E-state index is 0.0386. The van der Waals surface area contributed by atoms with Crippen LogP contribution in [0.25, 0.3) is 5.70 Å². The van der Waals surface area contributed by atoms with E-state index in [2.05, 4.69) is 26.1 Å². The molecule has 0 heterocycles. The van der Waals surface area contributed by atoms with Crippen LogP contribution in [0, 0.1) is 11.3 Å². The molecule has 0 fully saturated rings. The highest BCUT2D eigenvalue weighted by atomic mass is 16.5. The summed E-state index contributed by atoms with van der Waals surface area (Å²) >= 11 is 0. The molecule has 0 spiro atoms. The topological polar surface area (TPSA) is 84.9 Å². The second-order valence-corrected chi connectivity index (χ2v) is 9.86. The normalized spacial score (nSPS) is 13.5. The van der Waals surface area contributed by atoms with Crippen LogP contribution in [0.15, 0.2) is 35.9 Å². The van der Waals surface area contributed by atoms with Crippen molar-refractivity contribution in [3.05, 3.63) is 41.5 Å². The van der Waals surface area contributed by atoms with E-state index in [1.807, 2.05) is 62.9 Å². The van der Waals surface area contributed by atoms with Crippen LogP contribution >= 0.6 is 0 Å². The van der Waals surface area contributed by atoms with Gasteiger partial charge in [0.05, 0.1) is 25.5 Å². The van der Waals surface area contributed by atoms with E-state index in [9.17, 15) is 14.4 Å². The fourth-order valence-corrected chi connectivity index (χ4v) is 4.36. The lowest BCUT2D eigenvalue weighted by Crippen LogP contribution is -2.51. The van der Waals surface area contributed by atoms with Crippen LogP contribution < -0.4 is 5.32 Å². The first-order valence-corrected chi connectivity index (χ1v) is 11.3. The Labute approximate surface area is 198 Å². The number of ether oxygens (including phenoxy) is 2. The third kappa shape index (κ3) is 7.91. The fourth-order valence-electron chi connectivity index (χ4n) is 4.36. The number of carbonyl (C=O) groups excluding carboxylic acids is 3. The standard InChI is InChI=1S/C26H40N2O5/c1-10-28(11-2)21(18-15-13-12-14-16-18)19(23(30)32-8)20(24(31)33-9)22(29)27-26(6,7)17-25(3,4)5/h12-16,20H,10-11,17H2,1-9H3,(H,27,29)/b21-19+. The number of esters is 2. The molecule has 1 unspecified atom stereocenters. The second kappa shape index (κ2) is 11.9. The van der Waals surface area contributed by atoms with E-state index in [1.165, 1.54) is 14.2 Å². The molecule has 1 rings (SSSR count). The summed E-state index contributed by atoms with van der Waals surface area (Å²) in [5.74, 6) is -3.66. The van der Waals surface area contributed by atoms with E-state index in [1.54, 1.807) is 0 Å². The molecule has 0 saturated carbocycles. The third-order valence-electron chi connectivity index (χ3n) is 5.21. The zero-order valence-corrected chi connectivity index (χ0v) is 21.6. The zero-order valence-electron chi connectivity index (χ0n) is 21.6. The number of benzene rings is 1. The van der Waals surface area contributed by atoms with Crippen molar-refractivity contribution in [1.82, 2.24) is 10.2 Å². The molecule has 0 radical (unpaired) electrons. The molecule has 1 aromatic carbocycles. The number of nitrogens with one attached hydrogen (secondary N) is 1. The molecule has 33 heavy (non-hydrogen) atoms. The first-order chi connectivity index (χ1) is 15.3. The van der Waals surface area contributed by atoms with Gasteiger partial charge in [-0.15, -0.1) is 0 Å². The van der Waals surface area contributed by atoms with Gasteiger partial charge in [-0.3, -0.25) is 9.59 Å². The molecule has 1 atom stereocenters. The molecule has 7 nitrogen and oxygen atoms in total. The van der Waals surface area contributed by atoms with Gasteiger partial charge in [0.15, 0.2) is 5.92 Å². The van der Waals surface area contributed by atoms with Crippen molar-refractivity contribution >= 4 is 23.5 Å². The Bertz CT molecular complexity index is 849. The van der Waals surface area contributed by atoms with E-state index in [0.717, 1.165) is 0 Å². The van der Waals surface area contributed by atoms with E-state index in [-0.39, 0.29) is 11.0 Å². The number of hydrogen-bond donors (Lipinski definition) is 1. The maximum atomic E-state index is 13.6. The Morgan fingerprint density at radius 2 is 1.48 bits per heavy atom. The van der Waals surface area contributed by atoms with Gasteiger partial charge >= 0.3 is 11.9 Å². The van der Waals surface area contributed by atoms with Crippen molar-refractivity contribution in [3.8, 4) is 0 Å². The molecule has 184 valence electrons. The maximum absolute atomic E-state index is 13.6. The van der Waals surface area contributed by atoms with Gasteiger partial charge in [0.2, 0.25) is 5.91 Å². The average Bonchev–Trinajstić information content (AvgIpc) is 2.73. The van der Waals surface area contributed by atoms with Crippen LogP contribution in [0.5, 0.6) is 0 Å². The van der Waals surface area contributed by atoms with Gasteiger partial charge in [-0.2, -0.15) is 0 Å². The summed E-state index contributed by atoms with van der Waals surface area (Å²) < 4.78 is 10.1. The molecule has 1 amide bonds. The van der Waals surface area contributed by atoms with Crippen LogP contribution in [-0.2, 0) is 23.9 Å². The molecular formula is C26H40N2O5. The lowest BCUT2D eigenvalue weighted by molar-refractivity contribution is -0.152. The molecule has 0 aliphatic heterocycles. The number of nitrogens with zero attached hydrogens (tertiary/aromatic N) is 1. The van der Waals surface area contributed by atoms with Gasteiger partial charge in [-0.1, -0.05) is 51.1 Å². The van der Waals surface area contributed by atoms with Crippen LogP contribution in [0.2, 0.25) is 0 Å². The van der Waals surface area contributed by atoms with Gasteiger partial charge in [0.1, 0.15) is 0 Å². The van der Waals surface area contributed by atoms with Crippen molar-refractivity contribution in [1.29, 1.82) is 0 Å². The van der Waals surface area contributed by atoms with Gasteiger partial charge in [0, 0.05) is 18.6 Å². The van der Waals surface area contributed by atoms with E-state index in [4.69, 9.17) is 9.47 Å². The predicted molar refractivity (Wildman–Crippen MR) is 130 cm³/mol. The quantitative estimate of drug-likeness (QED) is 0.322. The third-order valence-corrected chi connectivity index (χ3v) is 5.21. The Kier molecular flexibility index (Phi) is 10.1. The Morgan fingerprint density at radius 3 is 1.91 bits per heavy atom. The van der Waals surface area contributed by atoms with Crippen molar-refractivity contribution in [2.24, 2.45) is 11.3 Å². The number of hydrogen-bond acceptors (Lipinski definition) is 6. The number of amides is 1. The van der Waals surface area contributed by atoms with Gasteiger partial charge in [-0.05, 0) is 45.1 Å². The zero-order chi connectivity index (χ0) is 25.4. The summed E-state index contributed by atoms with van der Waals surface area (Å²) in [4.78, 5) is 41.6. The molecule has 0 bridgehead atoms. The molecular weight excluding hydrogens is 420 g/mol. The molecule has 7 heteroatoms. The van der Waals surface area contributed by atoms with Crippen molar-refractivity contribution in [2.75, 3.05) is 27.3 Å².